The fraction of sp³-hybridized carbons (Fsp3) is 0.375. The number of fused-ring (bicyclic) bond motifs is 1. The first-order valence-corrected chi connectivity index (χ1v) is 7.10. The molecule has 0 aliphatic rings. The molecule has 2 aromatic rings. The second-order valence-corrected chi connectivity index (χ2v) is 5.19. The first-order chi connectivity index (χ1) is 10.0. The van der Waals surface area contributed by atoms with Gasteiger partial charge in [-0.05, 0) is 25.0 Å². The van der Waals surface area contributed by atoms with E-state index in [9.17, 15) is 14.7 Å². The number of pyridine rings is 1. The van der Waals surface area contributed by atoms with Crippen LogP contribution in [0.5, 0.6) is 0 Å². The summed E-state index contributed by atoms with van der Waals surface area (Å²) in [6.07, 6.45) is 1.23. The van der Waals surface area contributed by atoms with Crippen molar-refractivity contribution in [2.75, 3.05) is 6.61 Å². The molecule has 2 rings (SSSR count). The highest BCUT2D eigenvalue weighted by Gasteiger charge is 2.28. The highest BCUT2D eigenvalue weighted by molar-refractivity contribution is 5.95. The minimum Gasteiger partial charge on any atom is -0.394 e. The summed E-state index contributed by atoms with van der Waals surface area (Å²) in [5, 5.41) is 12.9. The standard InChI is InChI=1S/C16H20N2O3/c1-3-16(4-2,10-19)18-15(21)13-9-14(20)11-7-5-6-8-12(11)17-13/h5-9,19H,3-4,10H2,1-2H3,(H,17,20)(H,18,21). The second kappa shape index (κ2) is 6.10. The summed E-state index contributed by atoms with van der Waals surface area (Å²) in [4.78, 5) is 27.3. The highest BCUT2D eigenvalue weighted by Crippen LogP contribution is 2.15. The summed E-state index contributed by atoms with van der Waals surface area (Å²) in [6.45, 7) is 3.68. The van der Waals surface area contributed by atoms with Crippen molar-refractivity contribution in [3.05, 3.63) is 46.2 Å². The zero-order valence-corrected chi connectivity index (χ0v) is 12.3. The Morgan fingerprint density at radius 1 is 1.29 bits per heavy atom. The monoisotopic (exact) mass is 288 g/mol. The molecule has 0 atom stereocenters. The minimum absolute atomic E-state index is 0.135. The van der Waals surface area contributed by atoms with Crippen molar-refractivity contribution in [3.8, 4) is 0 Å². The lowest BCUT2D eigenvalue weighted by Crippen LogP contribution is -2.50. The molecule has 0 saturated heterocycles. The van der Waals surface area contributed by atoms with Gasteiger partial charge in [-0.15, -0.1) is 0 Å². The van der Waals surface area contributed by atoms with Crippen LogP contribution in [0.2, 0.25) is 0 Å². The van der Waals surface area contributed by atoms with Crippen LogP contribution in [-0.2, 0) is 0 Å². The van der Waals surface area contributed by atoms with Gasteiger partial charge in [0.25, 0.3) is 5.91 Å². The quantitative estimate of drug-likeness (QED) is 0.784. The number of aromatic nitrogens is 1. The summed E-state index contributed by atoms with van der Waals surface area (Å²) in [5.74, 6) is -0.379. The van der Waals surface area contributed by atoms with Gasteiger partial charge in [-0.1, -0.05) is 26.0 Å². The van der Waals surface area contributed by atoms with Crippen LogP contribution >= 0.6 is 0 Å². The molecule has 0 saturated carbocycles. The lowest BCUT2D eigenvalue weighted by molar-refractivity contribution is 0.0813. The molecule has 0 bridgehead atoms. The van der Waals surface area contributed by atoms with Crippen molar-refractivity contribution < 1.29 is 9.90 Å². The smallest absolute Gasteiger partial charge is 0.268 e. The normalized spacial score (nSPS) is 11.6. The van der Waals surface area contributed by atoms with Gasteiger partial charge in [0.05, 0.1) is 12.1 Å². The lowest BCUT2D eigenvalue weighted by Gasteiger charge is -2.30. The number of amides is 1. The van der Waals surface area contributed by atoms with E-state index >= 15 is 0 Å². The Morgan fingerprint density at radius 2 is 1.95 bits per heavy atom. The molecule has 21 heavy (non-hydrogen) atoms. The predicted octanol–water partition coefficient (Wildman–Crippen LogP) is 1.81. The van der Waals surface area contributed by atoms with E-state index in [0.29, 0.717) is 23.7 Å². The Kier molecular flexibility index (Phi) is 4.43. The number of rotatable bonds is 5. The van der Waals surface area contributed by atoms with Crippen molar-refractivity contribution in [1.82, 2.24) is 10.3 Å². The van der Waals surface area contributed by atoms with Gasteiger partial charge in [-0.25, -0.2) is 0 Å². The van der Waals surface area contributed by atoms with Crippen molar-refractivity contribution in [2.24, 2.45) is 0 Å². The van der Waals surface area contributed by atoms with Crippen LogP contribution in [0.4, 0.5) is 0 Å². The minimum atomic E-state index is -0.653. The topological polar surface area (TPSA) is 82.2 Å². The summed E-state index contributed by atoms with van der Waals surface area (Å²) >= 11 is 0. The fourth-order valence-corrected chi connectivity index (χ4v) is 2.32. The molecular formula is C16H20N2O3. The third-order valence-corrected chi connectivity index (χ3v) is 4.02. The van der Waals surface area contributed by atoms with Crippen LogP contribution in [0.1, 0.15) is 37.2 Å². The van der Waals surface area contributed by atoms with Crippen LogP contribution in [0.3, 0.4) is 0 Å². The molecule has 1 heterocycles. The summed E-state index contributed by atoms with van der Waals surface area (Å²) in [6, 6.07) is 8.35. The van der Waals surface area contributed by atoms with Crippen LogP contribution in [0.25, 0.3) is 10.9 Å². The van der Waals surface area contributed by atoms with Gasteiger partial charge in [0.2, 0.25) is 0 Å². The molecule has 0 fully saturated rings. The maximum atomic E-state index is 12.3. The van der Waals surface area contributed by atoms with Gasteiger partial charge in [0.15, 0.2) is 5.43 Å². The number of carbonyl (C=O) groups is 1. The van der Waals surface area contributed by atoms with Gasteiger partial charge < -0.3 is 15.4 Å². The molecule has 1 aromatic heterocycles. The van der Waals surface area contributed by atoms with Gasteiger partial charge in [0, 0.05) is 17.0 Å². The summed E-state index contributed by atoms with van der Waals surface area (Å²) in [5.41, 5.74) is -0.0205. The van der Waals surface area contributed by atoms with E-state index in [1.807, 2.05) is 13.8 Å². The molecule has 5 nitrogen and oxygen atoms in total. The van der Waals surface area contributed by atoms with Gasteiger partial charge in [-0.2, -0.15) is 0 Å². The molecule has 0 radical (unpaired) electrons. The van der Waals surface area contributed by atoms with E-state index in [0.717, 1.165) is 0 Å². The Morgan fingerprint density at radius 3 is 2.57 bits per heavy atom. The number of aromatic amines is 1. The van der Waals surface area contributed by atoms with Crippen LogP contribution in [0.15, 0.2) is 35.1 Å². The Hall–Kier alpha value is -2.14. The molecule has 0 unspecified atom stereocenters. The molecule has 1 amide bonds. The number of aliphatic hydroxyl groups excluding tert-OH is 1. The van der Waals surface area contributed by atoms with Gasteiger partial charge >= 0.3 is 0 Å². The van der Waals surface area contributed by atoms with Gasteiger partial charge in [-0.3, -0.25) is 9.59 Å². The number of para-hydroxylation sites is 1. The number of H-pyrrole nitrogens is 1. The number of hydrogen-bond acceptors (Lipinski definition) is 3. The van der Waals surface area contributed by atoms with Crippen LogP contribution in [-0.4, -0.2) is 28.1 Å². The third kappa shape index (κ3) is 2.97. The maximum Gasteiger partial charge on any atom is 0.268 e. The number of hydrogen-bond donors (Lipinski definition) is 3. The van der Waals surface area contributed by atoms with E-state index in [-0.39, 0.29) is 23.6 Å². The van der Waals surface area contributed by atoms with Crippen LogP contribution < -0.4 is 10.7 Å². The Labute approximate surface area is 123 Å². The molecule has 0 spiro atoms. The number of nitrogens with one attached hydrogen (secondary N) is 2. The van der Waals surface area contributed by atoms with Crippen LogP contribution in [0, 0.1) is 0 Å². The van der Waals surface area contributed by atoms with E-state index in [4.69, 9.17) is 0 Å². The molecule has 0 aliphatic carbocycles. The van der Waals surface area contributed by atoms with E-state index in [2.05, 4.69) is 10.3 Å². The van der Waals surface area contributed by atoms with Crippen molar-refractivity contribution >= 4 is 16.8 Å². The predicted molar refractivity (Wildman–Crippen MR) is 82.4 cm³/mol. The third-order valence-electron chi connectivity index (χ3n) is 4.02. The van der Waals surface area contributed by atoms with E-state index in [1.165, 1.54) is 6.07 Å². The highest BCUT2D eigenvalue weighted by atomic mass is 16.3. The first kappa shape index (κ1) is 15.3. The fourth-order valence-electron chi connectivity index (χ4n) is 2.32. The molecule has 112 valence electrons. The maximum absolute atomic E-state index is 12.3. The zero-order valence-electron chi connectivity index (χ0n) is 12.3. The van der Waals surface area contributed by atoms with Gasteiger partial charge in [0.1, 0.15) is 5.69 Å². The largest absolute Gasteiger partial charge is 0.394 e. The van der Waals surface area contributed by atoms with Crippen molar-refractivity contribution in [1.29, 1.82) is 0 Å². The Bertz CT molecular complexity index is 694. The average Bonchev–Trinajstić information content (AvgIpc) is 2.52. The second-order valence-electron chi connectivity index (χ2n) is 5.19. The van der Waals surface area contributed by atoms with Crippen molar-refractivity contribution in [2.45, 2.75) is 32.2 Å². The van der Waals surface area contributed by atoms with E-state index in [1.54, 1.807) is 24.3 Å². The van der Waals surface area contributed by atoms with Crippen molar-refractivity contribution in [3.63, 3.8) is 0 Å². The average molecular weight is 288 g/mol. The first-order valence-electron chi connectivity index (χ1n) is 7.10. The molecule has 5 heteroatoms. The summed E-state index contributed by atoms with van der Waals surface area (Å²) in [7, 11) is 0. The molecule has 0 aliphatic heterocycles. The molecule has 1 aromatic carbocycles. The Balaban J connectivity index is 2.38. The molecular weight excluding hydrogens is 268 g/mol. The zero-order chi connectivity index (χ0) is 15.5. The SMILES string of the molecule is CCC(CC)(CO)NC(=O)c1cc(=O)c2ccccc2[nH]1. The van der Waals surface area contributed by atoms with E-state index < -0.39 is 5.54 Å². The molecule has 3 N–H and O–H groups in total. The summed E-state index contributed by atoms with van der Waals surface area (Å²) < 4.78 is 0. The number of benzene rings is 1. The lowest BCUT2D eigenvalue weighted by atomic mass is 9.93. The number of carbonyl (C=O) groups excluding carboxylic acids is 1. The number of aliphatic hydroxyl groups is 1.